The first kappa shape index (κ1) is 14.0. The van der Waals surface area contributed by atoms with Gasteiger partial charge in [-0.05, 0) is 38.8 Å². The number of hydrogen-bond donors (Lipinski definition) is 3. The Hall–Kier alpha value is -2.04. The lowest BCUT2D eigenvalue weighted by atomic mass is 10.0. The molecule has 1 rings (SSSR count). The first-order valence-corrected chi connectivity index (χ1v) is 5.76. The van der Waals surface area contributed by atoms with Crippen molar-refractivity contribution in [3.05, 3.63) is 28.8 Å². The van der Waals surface area contributed by atoms with Gasteiger partial charge in [0.05, 0.1) is 0 Å². The van der Waals surface area contributed by atoms with Gasteiger partial charge < -0.3 is 16.4 Å². The van der Waals surface area contributed by atoms with Crippen molar-refractivity contribution in [2.45, 2.75) is 33.7 Å². The Morgan fingerprint density at radius 2 is 1.67 bits per heavy atom. The fraction of sp³-hybridized carbons (Fsp3) is 0.385. The van der Waals surface area contributed by atoms with E-state index in [1.165, 1.54) is 0 Å². The molecular formula is C13H19N3O2. The summed E-state index contributed by atoms with van der Waals surface area (Å²) in [6.45, 7) is 7.45. The second kappa shape index (κ2) is 5.53. The standard InChI is InChI=1S/C13H19N3O2/c1-7-5-8(2)11(9(3)6-7)16-12(17)10(4)15-13(14)18/h5-6,10H,1-4H3,(H,16,17)(H3,14,15,18). The Bertz CT molecular complexity index is 460. The fourth-order valence-electron chi connectivity index (χ4n) is 1.89. The summed E-state index contributed by atoms with van der Waals surface area (Å²) in [5, 5.41) is 5.14. The molecule has 0 saturated carbocycles. The summed E-state index contributed by atoms with van der Waals surface area (Å²) >= 11 is 0. The summed E-state index contributed by atoms with van der Waals surface area (Å²) < 4.78 is 0. The van der Waals surface area contributed by atoms with Gasteiger partial charge in [-0.25, -0.2) is 4.79 Å². The molecule has 1 atom stereocenters. The van der Waals surface area contributed by atoms with E-state index in [0.717, 1.165) is 22.4 Å². The lowest BCUT2D eigenvalue weighted by Gasteiger charge is -2.16. The van der Waals surface area contributed by atoms with E-state index < -0.39 is 12.1 Å². The second-order valence-electron chi connectivity index (χ2n) is 4.49. The van der Waals surface area contributed by atoms with Gasteiger partial charge in [-0.3, -0.25) is 4.79 Å². The Morgan fingerprint density at radius 1 is 1.17 bits per heavy atom. The molecule has 98 valence electrons. The van der Waals surface area contributed by atoms with Crippen LogP contribution in [-0.2, 0) is 4.79 Å². The van der Waals surface area contributed by atoms with E-state index in [2.05, 4.69) is 10.6 Å². The molecule has 0 aliphatic rings. The number of urea groups is 1. The zero-order chi connectivity index (χ0) is 13.9. The third kappa shape index (κ3) is 3.48. The van der Waals surface area contributed by atoms with Crippen molar-refractivity contribution in [3.63, 3.8) is 0 Å². The van der Waals surface area contributed by atoms with Crippen LogP contribution in [0, 0.1) is 20.8 Å². The van der Waals surface area contributed by atoms with Crippen molar-refractivity contribution in [3.8, 4) is 0 Å². The predicted molar refractivity (Wildman–Crippen MR) is 71.5 cm³/mol. The van der Waals surface area contributed by atoms with Crippen LogP contribution in [0.4, 0.5) is 10.5 Å². The Morgan fingerprint density at radius 3 is 2.11 bits per heavy atom. The van der Waals surface area contributed by atoms with E-state index >= 15 is 0 Å². The van der Waals surface area contributed by atoms with Gasteiger partial charge in [0.25, 0.3) is 0 Å². The molecular weight excluding hydrogens is 230 g/mol. The van der Waals surface area contributed by atoms with Crippen LogP contribution in [0.3, 0.4) is 0 Å². The predicted octanol–water partition coefficient (Wildman–Crippen LogP) is 1.61. The molecule has 0 fully saturated rings. The van der Waals surface area contributed by atoms with Crippen molar-refractivity contribution in [1.29, 1.82) is 0 Å². The summed E-state index contributed by atoms with van der Waals surface area (Å²) in [6.07, 6.45) is 0. The van der Waals surface area contributed by atoms with Gasteiger partial charge in [-0.1, -0.05) is 17.7 Å². The fourth-order valence-corrected chi connectivity index (χ4v) is 1.89. The number of benzene rings is 1. The van der Waals surface area contributed by atoms with E-state index in [1.807, 2.05) is 32.9 Å². The van der Waals surface area contributed by atoms with E-state index in [0.29, 0.717) is 0 Å². The lowest BCUT2D eigenvalue weighted by molar-refractivity contribution is -0.117. The van der Waals surface area contributed by atoms with Crippen LogP contribution < -0.4 is 16.4 Å². The van der Waals surface area contributed by atoms with Gasteiger partial charge in [0.1, 0.15) is 6.04 Å². The molecule has 1 aromatic carbocycles. The molecule has 0 heterocycles. The quantitative estimate of drug-likeness (QED) is 0.760. The normalized spacial score (nSPS) is 11.8. The maximum atomic E-state index is 11.9. The molecule has 0 spiro atoms. The third-order valence-corrected chi connectivity index (χ3v) is 2.68. The van der Waals surface area contributed by atoms with Crippen LogP contribution in [0.2, 0.25) is 0 Å². The number of aryl methyl sites for hydroxylation is 3. The third-order valence-electron chi connectivity index (χ3n) is 2.68. The number of nitrogens with one attached hydrogen (secondary N) is 2. The Balaban J connectivity index is 2.85. The van der Waals surface area contributed by atoms with E-state index in [1.54, 1.807) is 6.92 Å². The molecule has 0 aromatic heterocycles. The molecule has 0 bridgehead atoms. The van der Waals surface area contributed by atoms with E-state index in [-0.39, 0.29) is 5.91 Å². The summed E-state index contributed by atoms with van der Waals surface area (Å²) in [5.74, 6) is -0.288. The highest BCUT2D eigenvalue weighted by atomic mass is 16.2. The molecule has 1 unspecified atom stereocenters. The highest BCUT2D eigenvalue weighted by Crippen LogP contribution is 2.21. The average molecular weight is 249 g/mol. The highest BCUT2D eigenvalue weighted by molar-refractivity contribution is 5.97. The summed E-state index contributed by atoms with van der Waals surface area (Å²) in [7, 11) is 0. The van der Waals surface area contributed by atoms with Gasteiger partial charge in [0, 0.05) is 5.69 Å². The number of hydrogen-bond acceptors (Lipinski definition) is 2. The average Bonchev–Trinajstić information content (AvgIpc) is 2.21. The van der Waals surface area contributed by atoms with Crippen molar-refractivity contribution in [1.82, 2.24) is 5.32 Å². The topological polar surface area (TPSA) is 84.2 Å². The SMILES string of the molecule is Cc1cc(C)c(NC(=O)C(C)NC(N)=O)c(C)c1. The maximum Gasteiger partial charge on any atom is 0.312 e. The lowest BCUT2D eigenvalue weighted by Crippen LogP contribution is -2.44. The zero-order valence-corrected chi connectivity index (χ0v) is 11.1. The van der Waals surface area contributed by atoms with Gasteiger partial charge >= 0.3 is 6.03 Å². The molecule has 0 saturated heterocycles. The molecule has 0 aliphatic heterocycles. The minimum Gasteiger partial charge on any atom is -0.352 e. The van der Waals surface area contributed by atoms with Gasteiger partial charge in [-0.2, -0.15) is 0 Å². The monoisotopic (exact) mass is 249 g/mol. The Kier molecular flexibility index (Phi) is 4.31. The van der Waals surface area contributed by atoms with Crippen molar-refractivity contribution in [2.75, 3.05) is 5.32 Å². The molecule has 5 nitrogen and oxygen atoms in total. The highest BCUT2D eigenvalue weighted by Gasteiger charge is 2.15. The molecule has 3 amide bonds. The van der Waals surface area contributed by atoms with Crippen molar-refractivity contribution < 1.29 is 9.59 Å². The summed E-state index contributed by atoms with van der Waals surface area (Å²) in [5.41, 5.74) is 8.89. The number of rotatable bonds is 3. The molecule has 4 N–H and O–H groups in total. The van der Waals surface area contributed by atoms with Crippen LogP contribution in [-0.4, -0.2) is 18.0 Å². The van der Waals surface area contributed by atoms with Crippen LogP contribution in [0.5, 0.6) is 0 Å². The largest absolute Gasteiger partial charge is 0.352 e. The van der Waals surface area contributed by atoms with Crippen molar-refractivity contribution in [2.24, 2.45) is 5.73 Å². The smallest absolute Gasteiger partial charge is 0.312 e. The number of anilines is 1. The van der Waals surface area contributed by atoms with Gasteiger partial charge in [0.15, 0.2) is 0 Å². The minimum atomic E-state index is -0.713. The van der Waals surface area contributed by atoms with Crippen LogP contribution in [0.25, 0.3) is 0 Å². The molecule has 0 radical (unpaired) electrons. The molecule has 18 heavy (non-hydrogen) atoms. The summed E-state index contributed by atoms with van der Waals surface area (Å²) in [6, 6.07) is 2.61. The van der Waals surface area contributed by atoms with Crippen LogP contribution in [0.15, 0.2) is 12.1 Å². The van der Waals surface area contributed by atoms with E-state index in [9.17, 15) is 9.59 Å². The van der Waals surface area contributed by atoms with Crippen molar-refractivity contribution >= 4 is 17.6 Å². The molecule has 5 heteroatoms. The molecule has 0 aliphatic carbocycles. The number of carbonyl (C=O) groups excluding carboxylic acids is 2. The van der Waals surface area contributed by atoms with Gasteiger partial charge in [-0.15, -0.1) is 0 Å². The second-order valence-corrected chi connectivity index (χ2v) is 4.49. The van der Waals surface area contributed by atoms with Gasteiger partial charge in [0.2, 0.25) is 5.91 Å². The number of nitrogens with two attached hydrogens (primary N) is 1. The number of amides is 3. The summed E-state index contributed by atoms with van der Waals surface area (Å²) in [4.78, 5) is 22.5. The van der Waals surface area contributed by atoms with Crippen LogP contribution >= 0.6 is 0 Å². The zero-order valence-electron chi connectivity index (χ0n) is 11.1. The maximum absolute atomic E-state index is 11.9. The number of primary amides is 1. The first-order chi connectivity index (χ1) is 8.31. The van der Waals surface area contributed by atoms with E-state index in [4.69, 9.17) is 5.73 Å². The van der Waals surface area contributed by atoms with Crippen LogP contribution in [0.1, 0.15) is 23.6 Å². The minimum absolute atomic E-state index is 0.288. The molecule has 1 aromatic rings. The Labute approximate surface area is 107 Å². The number of carbonyl (C=O) groups is 2. The first-order valence-electron chi connectivity index (χ1n) is 5.76.